The molecule has 0 spiro atoms. The first-order valence-corrected chi connectivity index (χ1v) is 7.31. The fraction of sp³-hybridized carbons (Fsp3) is 0.176. The zero-order valence-corrected chi connectivity index (χ0v) is 13.6. The number of esters is 1. The Balaban J connectivity index is 1.97. The van der Waals surface area contributed by atoms with Crippen LogP contribution in [0, 0.1) is 10.1 Å². The van der Waals surface area contributed by atoms with Crippen molar-refractivity contribution in [3.63, 3.8) is 0 Å². The van der Waals surface area contributed by atoms with Crippen molar-refractivity contribution >= 4 is 23.3 Å². The number of nitrogens with one attached hydrogen (secondary N) is 1. The van der Waals surface area contributed by atoms with Crippen molar-refractivity contribution in [3.05, 3.63) is 64.2 Å². The van der Waals surface area contributed by atoms with Crippen LogP contribution >= 0.6 is 0 Å². The second-order valence-electron chi connectivity index (χ2n) is 5.07. The van der Waals surface area contributed by atoms with Crippen LogP contribution in [0.5, 0.6) is 5.75 Å². The lowest BCUT2D eigenvalue weighted by Gasteiger charge is -2.14. The van der Waals surface area contributed by atoms with E-state index in [2.05, 4.69) is 5.32 Å². The van der Waals surface area contributed by atoms with Gasteiger partial charge in [0.2, 0.25) is 0 Å². The van der Waals surface area contributed by atoms with Gasteiger partial charge < -0.3 is 14.8 Å². The number of hydrogen-bond donors (Lipinski definition) is 1. The van der Waals surface area contributed by atoms with Gasteiger partial charge in [0.05, 0.1) is 17.6 Å². The Hall–Kier alpha value is -3.42. The molecule has 1 amide bonds. The third kappa shape index (κ3) is 4.77. The Morgan fingerprint density at radius 2 is 1.84 bits per heavy atom. The zero-order valence-electron chi connectivity index (χ0n) is 13.6. The van der Waals surface area contributed by atoms with E-state index in [9.17, 15) is 19.7 Å². The van der Waals surface area contributed by atoms with Crippen molar-refractivity contribution in [2.24, 2.45) is 0 Å². The Morgan fingerprint density at radius 1 is 1.16 bits per heavy atom. The maximum atomic E-state index is 12.1. The van der Waals surface area contributed by atoms with Gasteiger partial charge in [-0.1, -0.05) is 6.07 Å². The summed E-state index contributed by atoms with van der Waals surface area (Å²) < 4.78 is 10.1. The highest BCUT2D eigenvalue weighted by Gasteiger charge is 2.19. The molecule has 2 aromatic rings. The van der Waals surface area contributed by atoms with E-state index in [1.54, 1.807) is 24.3 Å². The number of carbonyl (C=O) groups excluding carboxylic acids is 2. The number of benzene rings is 2. The Kier molecular flexibility index (Phi) is 5.67. The van der Waals surface area contributed by atoms with Gasteiger partial charge in [0, 0.05) is 23.9 Å². The molecule has 0 aromatic heterocycles. The molecule has 0 fully saturated rings. The third-order valence-corrected chi connectivity index (χ3v) is 3.30. The summed E-state index contributed by atoms with van der Waals surface area (Å²) in [5.41, 5.74) is 0.481. The van der Waals surface area contributed by atoms with E-state index >= 15 is 0 Å². The SMILES string of the molecule is COc1cccc(NC(=O)[C@@H](C)OC(=O)c2ccc([N+](=O)[O-])cc2)c1. The van der Waals surface area contributed by atoms with Crippen LogP contribution in [0.25, 0.3) is 0 Å². The molecule has 0 aliphatic heterocycles. The normalized spacial score (nSPS) is 11.3. The van der Waals surface area contributed by atoms with E-state index in [0.29, 0.717) is 11.4 Å². The van der Waals surface area contributed by atoms with Gasteiger partial charge in [-0.3, -0.25) is 14.9 Å². The van der Waals surface area contributed by atoms with Crippen molar-refractivity contribution in [1.29, 1.82) is 0 Å². The van der Waals surface area contributed by atoms with Crippen LogP contribution in [-0.2, 0) is 9.53 Å². The molecular weight excluding hydrogens is 328 g/mol. The first kappa shape index (κ1) is 17.9. The molecule has 0 saturated heterocycles. The predicted molar refractivity (Wildman–Crippen MR) is 89.6 cm³/mol. The van der Waals surface area contributed by atoms with Gasteiger partial charge in [-0.25, -0.2) is 4.79 Å². The van der Waals surface area contributed by atoms with Crippen molar-refractivity contribution < 1.29 is 24.0 Å². The average Bonchev–Trinajstić information content (AvgIpc) is 2.61. The lowest BCUT2D eigenvalue weighted by molar-refractivity contribution is -0.384. The summed E-state index contributed by atoms with van der Waals surface area (Å²) in [5, 5.41) is 13.2. The number of anilines is 1. The molecule has 2 aromatic carbocycles. The van der Waals surface area contributed by atoms with Crippen molar-refractivity contribution in [3.8, 4) is 5.75 Å². The molecule has 0 heterocycles. The Labute approximate surface area is 143 Å². The van der Waals surface area contributed by atoms with Gasteiger partial charge in [-0.2, -0.15) is 0 Å². The Bertz CT molecular complexity index is 788. The molecule has 8 heteroatoms. The highest BCUT2D eigenvalue weighted by atomic mass is 16.6. The molecule has 1 N–H and O–H groups in total. The number of hydrogen-bond acceptors (Lipinski definition) is 6. The predicted octanol–water partition coefficient (Wildman–Crippen LogP) is 2.79. The topological polar surface area (TPSA) is 108 Å². The first-order chi connectivity index (χ1) is 11.9. The van der Waals surface area contributed by atoms with Crippen molar-refractivity contribution in [1.82, 2.24) is 0 Å². The molecule has 8 nitrogen and oxygen atoms in total. The van der Waals surface area contributed by atoms with Crippen LogP contribution in [0.4, 0.5) is 11.4 Å². The van der Waals surface area contributed by atoms with Gasteiger partial charge >= 0.3 is 5.97 Å². The number of non-ortho nitro benzene ring substituents is 1. The monoisotopic (exact) mass is 344 g/mol. The molecule has 0 aliphatic rings. The number of amides is 1. The first-order valence-electron chi connectivity index (χ1n) is 7.31. The summed E-state index contributed by atoms with van der Waals surface area (Å²) in [5.74, 6) is -0.681. The molecule has 0 aliphatic carbocycles. The fourth-order valence-corrected chi connectivity index (χ4v) is 1.95. The molecule has 0 unspecified atom stereocenters. The summed E-state index contributed by atoms with van der Waals surface area (Å²) >= 11 is 0. The minimum atomic E-state index is -1.05. The summed E-state index contributed by atoms with van der Waals surface area (Å²) in [6.45, 7) is 1.43. The summed E-state index contributed by atoms with van der Waals surface area (Å²) in [7, 11) is 1.51. The molecule has 1 atom stereocenters. The van der Waals surface area contributed by atoms with Gasteiger partial charge in [0.1, 0.15) is 5.75 Å². The van der Waals surface area contributed by atoms with Gasteiger partial charge in [0.25, 0.3) is 11.6 Å². The minimum Gasteiger partial charge on any atom is -0.497 e. The fourth-order valence-electron chi connectivity index (χ4n) is 1.95. The van der Waals surface area contributed by atoms with Gasteiger partial charge in [0.15, 0.2) is 6.10 Å². The van der Waals surface area contributed by atoms with E-state index in [1.807, 2.05) is 0 Å². The molecule has 130 valence electrons. The van der Waals surface area contributed by atoms with Crippen LogP contribution in [0.15, 0.2) is 48.5 Å². The van der Waals surface area contributed by atoms with Crippen LogP contribution in [0.3, 0.4) is 0 Å². The van der Waals surface area contributed by atoms with E-state index in [-0.39, 0.29) is 11.3 Å². The molecule has 0 bridgehead atoms. The zero-order chi connectivity index (χ0) is 18.4. The smallest absolute Gasteiger partial charge is 0.338 e. The third-order valence-electron chi connectivity index (χ3n) is 3.30. The lowest BCUT2D eigenvalue weighted by Crippen LogP contribution is -2.30. The minimum absolute atomic E-state index is 0.117. The number of ether oxygens (including phenoxy) is 2. The van der Waals surface area contributed by atoms with Crippen LogP contribution in [-0.4, -0.2) is 30.0 Å². The lowest BCUT2D eigenvalue weighted by atomic mass is 10.2. The number of nitro benzene ring substituents is 1. The maximum absolute atomic E-state index is 12.1. The summed E-state index contributed by atoms with van der Waals surface area (Å²) in [4.78, 5) is 34.1. The van der Waals surface area contributed by atoms with E-state index in [4.69, 9.17) is 9.47 Å². The molecule has 2 rings (SSSR count). The second kappa shape index (κ2) is 7.91. The highest BCUT2D eigenvalue weighted by Crippen LogP contribution is 2.17. The standard InChI is InChI=1S/C17H16N2O6/c1-11(16(20)18-13-4-3-5-15(10-13)24-2)25-17(21)12-6-8-14(9-7-12)19(22)23/h3-11H,1-2H3,(H,18,20)/t11-/m1/s1. The molecule has 25 heavy (non-hydrogen) atoms. The van der Waals surface area contributed by atoms with Gasteiger partial charge in [-0.05, 0) is 31.2 Å². The quantitative estimate of drug-likeness (QED) is 0.490. The van der Waals surface area contributed by atoms with E-state index in [1.165, 1.54) is 38.3 Å². The number of nitrogens with zero attached hydrogens (tertiary/aromatic N) is 1. The molecule has 0 radical (unpaired) electrons. The van der Waals surface area contributed by atoms with Crippen LogP contribution in [0.2, 0.25) is 0 Å². The van der Waals surface area contributed by atoms with Crippen molar-refractivity contribution in [2.45, 2.75) is 13.0 Å². The van der Waals surface area contributed by atoms with E-state index < -0.39 is 22.9 Å². The number of nitro groups is 1. The number of rotatable bonds is 6. The van der Waals surface area contributed by atoms with Gasteiger partial charge in [-0.15, -0.1) is 0 Å². The van der Waals surface area contributed by atoms with Crippen LogP contribution < -0.4 is 10.1 Å². The summed E-state index contributed by atoms with van der Waals surface area (Å²) in [6, 6.07) is 11.7. The molecule has 0 saturated carbocycles. The number of methoxy groups -OCH3 is 1. The second-order valence-corrected chi connectivity index (χ2v) is 5.07. The largest absolute Gasteiger partial charge is 0.497 e. The van der Waals surface area contributed by atoms with Crippen LogP contribution in [0.1, 0.15) is 17.3 Å². The van der Waals surface area contributed by atoms with E-state index in [0.717, 1.165) is 0 Å². The molecular formula is C17H16N2O6. The number of carbonyl (C=O) groups is 2. The van der Waals surface area contributed by atoms with Crippen molar-refractivity contribution in [2.75, 3.05) is 12.4 Å². The average molecular weight is 344 g/mol. The highest BCUT2D eigenvalue weighted by molar-refractivity contribution is 5.97. The Morgan fingerprint density at radius 3 is 2.44 bits per heavy atom. The summed E-state index contributed by atoms with van der Waals surface area (Å²) in [6.07, 6.45) is -1.05. The maximum Gasteiger partial charge on any atom is 0.338 e.